The smallest absolute Gasteiger partial charge is 0.254 e. The fraction of sp³-hybridized carbons (Fsp3) is 0.389. The van der Waals surface area contributed by atoms with E-state index in [1.165, 1.54) is 11.8 Å². The SMILES string of the molecule is O=C(NCC1CCN(C(=S)NCc2ccccc2)CC1)c1cn[nH]c1. The van der Waals surface area contributed by atoms with Gasteiger partial charge in [0.1, 0.15) is 0 Å². The second-order valence-corrected chi connectivity index (χ2v) is 6.66. The van der Waals surface area contributed by atoms with E-state index in [2.05, 4.69) is 37.9 Å². The van der Waals surface area contributed by atoms with Crippen molar-refractivity contribution in [2.45, 2.75) is 19.4 Å². The Morgan fingerprint density at radius 2 is 2.00 bits per heavy atom. The summed E-state index contributed by atoms with van der Waals surface area (Å²) in [4.78, 5) is 14.1. The number of thiocarbonyl (C=S) groups is 1. The van der Waals surface area contributed by atoms with Crippen LogP contribution in [-0.4, -0.2) is 45.8 Å². The van der Waals surface area contributed by atoms with Crippen LogP contribution in [0.5, 0.6) is 0 Å². The van der Waals surface area contributed by atoms with Crippen molar-refractivity contribution >= 4 is 23.2 Å². The second-order valence-electron chi connectivity index (χ2n) is 6.27. The number of H-pyrrole nitrogens is 1. The Hall–Kier alpha value is -2.41. The third-order valence-electron chi connectivity index (χ3n) is 4.50. The van der Waals surface area contributed by atoms with Crippen molar-refractivity contribution in [3.8, 4) is 0 Å². The van der Waals surface area contributed by atoms with Gasteiger partial charge in [0, 0.05) is 32.4 Å². The van der Waals surface area contributed by atoms with Crippen molar-refractivity contribution in [1.82, 2.24) is 25.7 Å². The molecule has 2 aromatic rings. The first-order valence-electron chi connectivity index (χ1n) is 8.56. The number of aromatic amines is 1. The van der Waals surface area contributed by atoms with E-state index in [-0.39, 0.29) is 5.91 Å². The zero-order valence-electron chi connectivity index (χ0n) is 14.1. The minimum absolute atomic E-state index is 0.0729. The third-order valence-corrected chi connectivity index (χ3v) is 4.90. The summed E-state index contributed by atoms with van der Waals surface area (Å²) in [6, 6.07) is 10.2. The number of aromatic nitrogens is 2. The molecule has 0 radical (unpaired) electrons. The van der Waals surface area contributed by atoms with Crippen LogP contribution in [0.1, 0.15) is 28.8 Å². The average Bonchev–Trinajstić information content (AvgIpc) is 3.20. The molecule has 0 unspecified atom stereocenters. The van der Waals surface area contributed by atoms with Crippen molar-refractivity contribution in [1.29, 1.82) is 0 Å². The maximum atomic E-state index is 11.9. The van der Waals surface area contributed by atoms with Crippen molar-refractivity contribution in [3.05, 3.63) is 53.9 Å². The average molecular weight is 357 g/mol. The first-order chi connectivity index (χ1) is 12.2. The molecule has 1 aliphatic rings. The number of rotatable bonds is 5. The first-order valence-corrected chi connectivity index (χ1v) is 8.97. The van der Waals surface area contributed by atoms with E-state index in [0.29, 0.717) is 18.0 Å². The summed E-state index contributed by atoms with van der Waals surface area (Å²) in [7, 11) is 0. The molecule has 1 aliphatic heterocycles. The summed E-state index contributed by atoms with van der Waals surface area (Å²) in [6.07, 6.45) is 5.20. The Bertz CT molecular complexity index is 681. The summed E-state index contributed by atoms with van der Waals surface area (Å²) in [5.74, 6) is 0.417. The minimum Gasteiger partial charge on any atom is -0.358 e. The predicted molar refractivity (Wildman–Crippen MR) is 101 cm³/mol. The molecule has 0 atom stereocenters. The Labute approximate surface area is 153 Å². The molecular formula is C18H23N5OS. The van der Waals surface area contributed by atoms with Gasteiger partial charge in [-0.15, -0.1) is 0 Å². The maximum Gasteiger partial charge on any atom is 0.254 e. The number of likely N-dealkylation sites (tertiary alicyclic amines) is 1. The monoisotopic (exact) mass is 357 g/mol. The first kappa shape index (κ1) is 17.4. The maximum absolute atomic E-state index is 11.9. The van der Waals surface area contributed by atoms with Crippen LogP contribution in [-0.2, 0) is 6.54 Å². The summed E-state index contributed by atoms with van der Waals surface area (Å²) in [5.41, 5.74) is 1.80. The number of hydrogen-bond acceptors (Lipinski definition) is 3. The van der Waals surface area contributed by atoms with Crippen LogP contribution in [0.2, 0.25) is 0 Å². The normalized spacial score (nSPS) is 15.0. The lowest BCUT2D eigenvalue weighted by molar-refractivity contribution is 0.0941. The Balaban J connectivity index is 1.36. The molecular weight excluding hydrogens is 334 g/mol. The number of carbonyl (C=O) groups is 1. The van der Waals surface area contributed by atoms with Gasteiger partial charge in [0.05, 0.1) is 11.8 Å². The number of amides is 1. The molecule has 7 heteroatoms. The molecule has 6 nitrogen and oxygen atoms in total. The molecule has 1 amide bonds. The number of nitrogens with one attached hydrogen (secondary N) is 3. The van der Waals surface area contributed by atoms with Gasteiger partial charge >= 0.3 is 0 Å². The Kier molecular flexibility index (Phi) is 6.00. The lowest BCUT2D eigenvalue weighted by atomic mass is 9.97. The van der Waals surface area contributed by atoms with Crippen LogP contribution in [0.4, 0.5) is 0 Å². The van der Waals surface area contributed by atoms with Crippen molar-refractivity contribution in [3.63, 3.8) is 0 Å². The quantitative estimate of drug-likeness (QED) is 0.713. The van der Waals surface area contributed by atoms with Gasteiger partial charge in [0.15, 0.2) is 5.11 Å². The highest BCUT2D eigenvalue weighted by molar-refractivity contribution is 7.80. The topological polar surface area (TPSA) is 73.1 Å². The van der Waals surface area contributed by atoms with Crippen LogP contribution >= 0.6 is 12.2 Å². The molecule has 1 saturated heterocycles. The van der Waals surface area contributed by atoms with E-state index in [4.69, 9.17) is 12.2 Å². The van der Waals surface area contributed by atoms with Gasteiger partial charge in [0.25, 0.3) is 5.91 Å². The van der Waals surface area contributed by atoms with Crippen molar-refractivity contribution in [2.75, 3.05) is 19.6 Å². The third kappa shape index (κ3) is 5.03. The van der Waals surface area contributed by atoms with Gasteiger partial charge in [0.2, 0.25) is 0 Å². The van der Waals surface area contributed by atoms with Crippen LogP contribution in [0, 0.1) is 5.92 Å². The number of nitrogens with zero attached hydrogens (tertiary/aromatic N) is 2. The van der Waals surface area contributed by atoms with E-state index >= 15 is 0 Å². The molecule has 2 heterocycles. The van der Waals surface area contributed by atoms with Gasteiger partial charge in [-0.05, 0) is 36.5 Å². The molecule has 132 valence electrons. The van der Waals surface area contributed by atoms with E-state index < -0.39 is 0 Å². The van der Waals surface area contributed by atoms with E-state index in [1.807, 2.05) is 18.2 Å². The largest absolute Gasteiger partial charge is 0.358 e. The van der Waals surface area contributed by atoms with Gasteiger partial charge < -0.3 is 15.5 Å². The molecule has 0 aliphatic carbocycles. The van der Waals surface area contributed by atoms with Crippen LogP contribution in [0.15, 0.2) is 42.7 Å². The summed E-state index contributed by atoms with van der Waals surface area (Å²) in [6.45, 7) is 3.29. The summed E-state index contributed by atoms with van der Waals surface area (Å²) in [5, 5.41) is 13.6. The molecule has 1 aromatic heterocycles. The highest BCUT2D eigenvalue weighted by Crippen LogP contribution is 2.16. The molecule has 1 fully saturated rings. The van der Waals surface area contributed by atoms with Crippen LogP contribution < -0.4 is 10.6 Å². The predicted octanol–water partition coefficient (Wildman–Crippen LogP) is 1.93. The van der Waals surface area contributed by atoms with Crippen LogP contribution in [0.3, 0.4) is 0 Å². The van der Waals surface area contributed by atoms with E-state index in [1.54, 1.807) is 6.20 Å². The zero-order chi connectivity index (χ0) is 17.5. The highest BCUT2D eigenvalue weighted by Gasteiger charge is 2.21. The number of benzene rings is 1. The Morgan fingerprint density at radius 1 is 1.24 bits per heavy atom. The summed E-state index contributed by atoms with van der Waals surface area (Å²) < 4.78 is 0. The number of piperidine rings is 1. The van der Waals surface area contributed by atoms with E-state index in [9.17, 15) is 4.79 Å². The molecule has 3 N–H and O–H groups in total. The lowest BCUT2D eigenvalue weighted by Crippen LogP contribution is -2.45. The van der Waals surface area contributed by atoms with Crippen LogP contribution in [0.25, 0.3) is 0 Å². The zero-order valence-corrected chi connectivity index (χ0v) is 14.9. The Morgan fingerprint density at radius 3 is 2.68 bits per heavy atom. The van der Waals surface area contributed by atoms with Gasteiger partial charge in [-0.2, -0.15) is 5.10 Å². The van der Waals surface area contributed by atoms with Gasteiger partial charge in [-0.1, -0.05) is 30.3 Å². The number of hydrogen-bond donors (Lipinski definition) is 3. The molecule has 0 saturated carbocycles. The van der Waals surface area contributed by atoms with Crippen molar-refractivity contribution in [2.24, 2.45) is 5.92 Å². The minimum atomic E-state index is -0.0729. The molecule has 0 bridgehead atoms. The molecule has 25 heavy (non-hydrogen) atoms. The van der Waals surface area contributed by atoms with Crippen molar-refractivity contribution < 1.29 is 4.79 Å². The fourth-order valence-corrected chi connectivity index (χ4v) is 3.19. The van der Waals surface area contributed by atoms with E-state index in [0.717, 1.165) is 37.6 Å². The second kappa shape index (κ2) is 8.62. The molecule has 1 aromatic carbocycles. The summed E-state index contributed by atoms with van der Waals surface area (Å²) >= 11 is 5.51. The molecule has 0 spiro atoms. The number of carbonyl (C=O) groups excluding carboxylic acids is 1. The molecule has 3 rings (SSSR count). The van der Waals surface area contributed by atoms with Gasteiger partial charge in [-0.3, -0.25) is 9.89 Å². The highest BCUT2D eigenvalue weighted by atomic mass is 32.1. The lowest BCUT2D eigenvalue weighted by Gasteiger charge is -2.34. The fourth-order valence-electron chi connectivity index (χ4n) is 2.94. The standard InChI is InChI=1S/C18H23N5OS/c24-17(16-12-21-22-13-16)19-10-15-6-8-23(9-7-15)18(25)20-11-14-4-2-1-3-5-14/h1-5,12-13,15H,6-11H2,(H,19,24)(H,20,25)(H,21,22). The van der Waals surface area contributed by atoms with Gasteiger partial charge in [-0.25, -0.2) is 0 Å².